The third-order valence-corrected chi connectivity index (χ3v) is 11.9. The Morgan fingerprint density at radius 3 is 1.44 bits per heavy atom. The van der Waals surface area contributed by atoms with Crippen molar-refractivity contribution in [2.24, 2.45) is 0 Å². The smallest absolute Gasteiger partial charge is 0.0991 e. The van der Waals surface area contributed by atoms with Crippen molar-refractivity contribution in [2.45, 2.75) is 38.5 Å². The molecule has 0 unspecified atom stereocenters. The van der Waals surface area contributed by atoms with Crippen LogP contribution in [0.5, 0.6) is 0 Å². The lowest BCUT2D eigenvalue weighted by molar-refractivity contribution is 0.660. The number of benzene rings is 8. The topological polar surface area (TPSA) is 23.8 Å². The Kier molecular flexibility index (Phi) is 5.82. The van der Waals surface area contributed by atoms with E-state index in [2.05, 4.69) is 161 Å². The van der Waals surface area contributed by atoms with Crippen LogP contribution >= 0.6 is 0 Å². The van der Waals surface area contributed by atoms with E-state index in [-0.39, 0.29) is 10.8 Å². The minimum Gasteiger partial charge on any atom is -0.192 e. The molecule has 0 radical (unpaired) electrons. The lowest BCUT2D eigenvalue weighted by Gasteiger charge is -2.26. The quantitative estimate of drug-likeness (QED) is 0.173. The SMILES string of the molecule is CC1(C)c2ccccc2-c2c1ccc1c(-c3c4ccccc4c(-c4ccc(C#N)cc4)c4ccccc34)cc3c(c21)-c1ccccc1C3(C)C. The molecule has 0 aliphatic heterocycles. The van der Waals surface area contributed by atoms with Crippen molar-refractivity contribution in [1.82, 2.24) is 0 Å². The molecule has 0 amide bonds. The van der Waals surface area contributed by atoms with Crippen molar-refractivity contribution < 1.29 is 0 Å². The van der Waals surface area contributed by atoms with Crippen LogP contribution in [0.1, 0.15) is 55.5 Å². The normalized spacial score (nSPS) is 14.7. The maximum Gasteiger partial charge on any atom is 0.0991 e. The van der Waals surface area contributed by atoms with Gasteiger partial charge in [-0.25, -0.2) is 0 Å². The molecule has 1 heteroatoms. The van der Waals surface area contributed by atoms with E-state index in [9.17, 15) is 5.26 Å². The minimum absolute atomic E-state index is 0.0984. The molecule has 0 spiro atoms. The van der Waals surface area contributed by atoms with Gasteiger partial charge in [-0.15, -0.1) is 0 Å². The van der Waals surface area contributed by atoms with Crippen LogP contribution in [0, 0.1) is 11.3 Å². The van der Waals surface area contributed by atoms with Crippen molar-refractivity contribution in [3.05, 3.63) is 167 Å². The fourth-order valence-corrected chi connectivity index (χ4v) is 9.52. The van der Waals surface area contributed by atoms with Crippen molar-refractivity contribution in [2.75, 3.05) is 0 Å². The summed E-state index contributed by atoms with van der Waals surface area (Å²) in [4.78, 5) is 0. The highest BCUT2D eigenvalue weighted by atomic mass is 14.4. The van der Waals surface area contributed by atoms with Gasteiger partial charge in [0, 0.05) is 10.8 Å². The predicted octanol–water partition coefficient (Wildman–Crippen LogP) is 13.0. The largest absolute Gasteiger partial charge is 0.192 e. The summed E-state index contributed by atoms with van der Waals surface area (Å²) in [6.45, 7) is 9.57. The first-order valence-corrected chi connectivity index (χ1v) is 17.6. The summed E-state index contributed by atoms with van der Waals surface area (Å²) in [6, 6.07) is 53.6. The van der Waals surface area contributed by atoms with Crippen molar-refractivity contribution in [1.29, 1.82) is 5.26 Å². The Bertz CT molecular complexity index is 2730. The summed E-state index contributed by atoms with van der Waals surface area (Å²) in [6.07, 6.45) is 0. The summed E-state index contributed by atoms with van der Waals surface area (Å²) >= 11 is 0. The average Bonchev–Trinajstić information content (AvgIpc) is 3.53. The van der Waals surface area contributed by atoms with Gasteiger partial charge in [-0.3, -0.25) is 0 Å². The number of nitriles is 1. The first kappa shape index (κ1) is 29.0. The molecule has 0 saturated carbocycles. The summed E-state index contributed by atoms with van der Waals surface area (Å²) < 4.78 is 0. The molecule has 0 heterocycles. The fourth-order valence-electron chi connectivity index (χ4n) is 9.52. The van der Waals surface area contributed by atoms with Gasteiger partial charge in [-0.05, 0) is 117 Å². The van der Waals surface area contributed by atoms with Crippen LogP contribution < -0.4 is 0 Å². The number of hydrogen-bond acceptors (Lipinski definition) is 1. The third-order valence-electron chi connectivity index (χ3n) is 11.9. The number of rotatable bonds is 2. The molecule has 0 fully saturated rings. The van der Waals surface area contributed by atoms with Gasteiger partial charge in [0.05, 0.1) is 11.6 Å². The van der Waals surface area contributed by atoms with E-state index in [1.165, 1.54) is 93.5 Å². The molecule has 1 nitrogen and oxygen atoms in total. The summed E-state index contributed by atoms with van der Waals surface area (Å²) in [7, 11) is 0. The predicted molar refractivity (Wildman–Crippen MR) is 210 cm³/mol. The molecular weight excluding hydrogens is 603 g/mol. The molecule has 8 aromatic rings. The van der Waals surface area contributed by atoms with Crippen molar-refractivity contribution >= 4 is 32.3 Å². The van der Waals surface area contributed by atoms with Gasteiger partial charge in [0.1, 0.15) is 0 Å². The van der Waals surface area contributed by atoms with Gasteiger partial charge < -0.3 is 0 Å². The Morgan fingerprint density at radius 1 is 0.400 bits per heavy atom. The zero-order valence-electron chi connectivity index (χ0n) is 28.7. The van der Waals surface area contributed by atoms with Gasteiger partial charge in [-0.2, -0.15) is 5.26 Å². The molecule has 0 bridgehead atoms. The summed E-state index contributed by atoms with van der Waals surface area (Å²) in [5.41, 5.74) is 16.3. The second-order valence-electron chi connectivity index (χ2n) is 15.1. The van der Waals surface area contributed by atoms with Gasteiger partial charge in [0.15, 0.2) is 0 Å². The number of hydrogen-bond donors (Lipinski definition) is 0. The Labute approximate surface area is 293 Å². The van der Waals surface area contributed by atoms with Gasteiger partial charge in [-0.1, -0.05) is 149 Å². The van der Waals surface area contributed by atoms with E-state index in [4.69, 9.17) is 0 Å². The molecular formula is C49H35N. The van der Waals surface area contributed by atoms with E-state index in [0.29, 0.717) is 5.56 Å². The second kappa shape index (κ2) is 10.0. The molecule has 0 atom stereocenters. The Morgan fingerprint density at radius 2 is 0.880 bits per heavy atom. The van der Waals surface area contributed by atoms with Crippen LogP contribution in [0.3, 0.4) is 0 Å². The van der Waals surface area contributed by atoms with E-state index in [1.54, 1.807) is 0 Å². The van der Waals surface area contributed by atoms with Crippen LogP contribution in [0.2, 0.25) is 0 Å². The Hall–Kier alpha value is -5.97. The van der Waals surface area contributed by atoms with E-state index >= 15 is 0 Å². The highest BCUT2D eigenvalue weighted by molar-refractivity contribution is 6.26. The van der Waals surface area contributed by atoms with Crippen molar-refractivity contribution in [3.63, 3.8) is 0 Å². The minimum atomic E-state index is -0.167. The van der Waals surface area contributed by atoms with Crippen LogP contribution in [0.25, 0.3) is 76.8 Å². The monoisotopic (exact) mass is 637 g/mol. The van der Waals surface area contributed by atoms with Gasteiger partial charge in [0.2, 0.25) is 0 Å². The zero-order valence-corrected chi connectivity index (χ0v) is 28.7. The molecule has 236 valence electrons. The molecule has 8 aromatic carbocycles. The lowest BCUT2D eigenvalue weighted by atomic mass is 9.77. The molecule has 0 N–H and O–H groups in total. The number of fused-ring (bicyclic) bond motifs is 11. The van der Waals surface area contributed by atoms with Gasteiger partial charge >= 0.3 is 0 Å². The second-order valence-corrected chi connectivity index (χ2v) is 15.1. The first-order chi connectivity index (χ1) is 24.3. The summed E-state index contributed by atoms with van der Waals surface area (Å²) in [5, 5.41) is 17.1. The highest BCUT2D eigenvalue weighted by Crippen LogP contribution is 2.59. The fraction of sp³-hybridized carbons (Fsp3) is 0.122. The standard InChI is InChI=1S/C49H35N/c1-48(2)39-19-11-9-17-36(39)45-41(48)26-25-35-38(27-42-46(47(35)45)37-18-10-12-20-40(37)49(42,3)4)44-33-15-7-5-13-31(33)43(32-14-6-8-16-34(32)44)30-23-21-29(28-50)22-24-30/h5-27H,1-4H3. The Balaban J connectivity index is 1.41. The van der Waals surface area contributed by atoms with Crippen molar-refractivity contribution in [3.8, 4) is 50.6 Å². The molecule has 50 heavy (non-hydrogen) atoms. The van der Waals surface area contributed by atoms with Gasteiger partial charge in [0.25, 0.3) is 0 Å². The van der Waals surface area contributed by atoms with E-state index in [1.807, 2.05) is 12.1 Å². The highest BCUT2D eigenvalue weighted by Gasteiger charge is 2.41. The molecule has 10 rings (SSSR count). The molecule has 2 aliphatic rings. The zero-order chi connectivity index (χ0) is 33.9. The molecule has 0 saturated heterocycles. The van der Waals surface area contributed by atoms with Crippen LogP contribution in [0.15, 0.2) is 140 Å². The first-order valence-electron chi connectivity index (χ1n) is 17.6. The maximum atomic E-state index is 9.54. The summed E-state index contributed by atoms with van der Waals surface area (Å²) in [5.74, 6) is 0. The van der Waals surface area contributed by atoms with E-state index in [0.717, 1.165) is 5.56 Å². The third kappa shape index (κ3) is 3.66. The van der Waals surface area contributed by atoms with Crippen LogP contribution in [0.4, 0.5) is 0 Å². The average molecular weight is 638 g/mol. The number of nitrogens with zero attached hydrogens (tertiary/aromatic N) is 1. The van der Waals surface area contributed by atoms with E-state index < -0.39 is 0 Å². The maximum absolute atomic E-state index is 9.54. The van der Waals surface area contributed by atoms with Crippen LogP contribution in [-0.4, -0.2) is 0 Å². The lowest BCUT2D eigenvalue weighted by Crippen LogP contribution is -2.15. The molecule has 2 aliphatic carbocycles. The van der Waals surface area contributed by atoms with Crippen LogP contribution in [-0.2, 0) is 10.8 Å². The molecule has 0 aromatic heterocycles.